The Hall–Kier alpha value is -0.0400. The zero-order valence-corrected chi connectivity index (χ0v) is 15.3. The zero-order chi connectivity index (χ0) is 16.0. The molecule has 0 aromatic heterocycles. The van der Waals surface area contributed by atoms with E-state index in [0.717, 1.165) is 6.42 Å². The molecule has 0 saturated heterocycles. The lowest BCUT2D eigenvalue weighted by Crippen LogP contribution is -2.16. The number of aliphatic hydroxyl groups excluding tert-OH is 1. The van der Waals surface area contributed by atoms with Crippen molar-refractivity contribution >= 4 is 0 Å². The van der Waals surface area contributed by atoms with E-state index >= 15 is 0 Å². The fourth-order valence-corrected chi connectivity index (χ4v) is 2.70. The van der Waals surface area contributed by atoms with E-state index < -0.39 is 0 Å². The molecule has 0 fully saturated rings. The van der Waals surface area contributed by atoms with Crippen LogP contribution >= 0.6 is 0 Å². The van der Waals surface area contributed by atoms with Gasteiger partial charge in [-0.3, -0.25) is 0 Å². The molecule has 0 atom stereocenters. The summed E-state index contributed by atoms with van der Waals surface area (Å²) in [4.78, 5) is 0. The van der Waals surface area contributed by atoms with Gasteiger partial charge in [0, 0.05) is 6.61 Å². The van der Waals surface area contributed by atoms with Crippen molar-refractivity contribution < 1.29 is 5.11 Å². The molecule has 21 heavy (non-hydrogen) atoms. The topological polar surface area (TPSA) is 20.2 Å². The van der Waals surface area contributed by atoms with Gasteiger partial charge in [-0.2, -0.15) is 0 Å². The summed E-state index contributed by atoms with van der Waals surface area (Å²) < 4.78 is 0. The summed E-state index contributed by atoms with van der Waals surface area (Å²) in [6.07, 6.45) is 17.5. The molecule has 0 aromatic rings. The molecule has 1 N–H and O–H groups in total. The summed E-state index contributed by atoms with van der Waals surface area (Å²) in [5, 5.41) is 8.70. The molecule has 0 saturated carbocycles. The first-order chi connectivity index (χ1) is 10.0. The first-order valence-corrected chi connectivity index (χ1v) is 9.42. The lowest BCUT2D eigenvalue weighted by Gasteiger charge is -2.28. The van der Waals surface area contributed by atoms with E-state index in [1.54, 1.807) is 5.92 Å². The molecular formula is C20H41O. The molecule has 127 valence electrons. The van der Waals surface area contributed by atoms with Gasteiger partial charge in [-0.05, 0) is 24.2 Å². The number of aliphatic hydroxyl groups is 1. The predicted octanol–water partition coefficient (Wildman–Crippen LogP) is 6.69. The van der Waals surface area contributed by atoms with Gasteiger partial charge in [0.2, 0.25) is 0 Å². The fraction of sp³-hybridized carbons (Fsp3) is 0.950. The molecule has 0 rings (SSSR count). The molecule has 0 aliphatic carbocycles. The third-order valence-electron chi connectivity index (χ3n) is 5.06. The van der Waals surface area contributed by atoms with Crippen molar-refractivity contribution in [1.82, 2.24) is 0 Å². The number of unbranched alkanes of at least 4 members (excludes halogenated alkanes) is 11. The van der Waals surface area contributed by atoms with Gasteiger partial charge in [0.1, 0.15) is 0 Å². The minimum atomic E-state index is 0.368. The first-order valence-electron chi connectivity index (χ1n) is 9.42. The van der Waals surface area contributed by atoms with E-state index in [1.165, 1.54) is 77.0 Å². The summed E-state index contributed by atoms with van der Waals surface area (Å²) in [5.74, 6) is 1.57. The van der Waals surface area contributed by atoms with Crippen LogP contribution in [0, 0.1) is 11.3 Å². The van der Waals surface area contributed by atoms with E-state index in [1.807, 2.05) is 0 Å². The van der Waals surface area contributed by atoms with E-state index in [0.29, 0.717) is 12.0 Å². The van der Waals surface area contributed by atoms with E-state index in [4.69, 9.17) is 5.11 Å². The Morgan fingerprint density at radius 2 is 0.952 bits per heavy atom. The Bertz CT molecular complexity index is 208. The molecule has 0 aromatic carbocycles. The minimum Gasteiger partial charge on any atom is -0.396 e. The van der Waals surface area contributed by atoms with Gasteiger partial charge in [-0.15, -0.1) is 0 Å². The second-order valence-electron chi connectivity index (χ2n) is 7.60. The summed E-state index contributed by atoms with van der Waals surface area (Å²) in [7, 11) is 0. The van der Waals surface area contributed by atoms with Crippen LogP contribution in [0.3, 0.4) is 0 Å². The number of hydrogen-bond donors (Lipinski definition) is 1. The lowest BCUT2D eigenvalue weighted by molar-refractivity contribution is 0.282. The highest BCUT2D eigenvalue weighted by molar-refractivity contribution is 4.94. The van der Waals surface area contributed by atoms with E-state index in [9.17, 15) is 0 Å². The van der Waals surface area contributed by atoms with Crippen LogP contribution in [0.2, 0.25) is 0 Å². The van der Waals surface area contributed by atoms with Crippen molar-refractivity contribution in [3.63, 3.8) is 0 Å². The fourth-order valence-electron chi connectivity index (χ4n) is 2.70. The molecule has 0 amide bonds. The predicted molar refractivity (Wildman–Crippen MR) is 95.5 cm³/mol. The molecule has 1 heteroatoms. The number of rotatable bonds is 15. The van der Waals surface area contributed by atoms with Crippen LogP contribution in [-0.4, -0.2) is 11.7 Å². The third kappa shape index (κ3) is 13.4. The van der Waals surface area contributed by atoms with Crippen LogP contribution in [-0.2, 0) is 0 Å². The molecular weight excluding hydrogens is 256 g/mol. The van der Waals surface area contributed by atoms with Gasteiger partial charge in [0.15, 0.2) is 0 Å². The Morgan fingerprint density at radius 3 is 1.29 bits per heavy atom. The maximum atomic E-state index is 8.70. The molecule has 0 aliphatic heterocycles. The van der Waals surface area contributed by atoms with E-state index in [2.05, 4.69) is 27.7 Å². The highest BCUT2D eigenvalue weighted by atomic mass is 16.2. The molecule has 0 bridgehead atoms. The van der Waals surface area contributed by atoms with Crippen molar-refractivity contribution in [2.45, 2.75) is 111 Å². The quantitative estimate of drug-likeness (QED) is 0.334. The van der Waals surface area contributed by atoms with Crippen LogP contribution in [0.15, 0.2) is 0 Å². The van der Waals surface area contributed by atoms with Crippen LogP contribution < -0.4 is 0 Å². The van der Waals surface area contributed by atoms with Crippen molar-refractivity contribution in [3.8, 4) is 0 Å². The maximum absolute atomic E-state index is 8.70. The normalized spacial score (nSPS) is 12.3. The standard InChI is InChI=1S/C20H41O/c1-19(2)20(3,4)17-15-13-11-9-7-5-6-8-10-12-14-16-18-21/h21H,5-18H2,1-4H3. The van der Waals surface area contributed by atoms with Crippen molar-refractivity contribution in [3.05, 3.63) is 5.92 Å². The minimum absolute atomic E-state index is 0.368. The van der Waals surface area contributed by atoms with Gasteiger partial charge in [-0.25, -0.2) is 0 Å². The van der Waals surface area contributed by atoms with Gasteiger partial charge in [0.05, 0.1) is 0 Å². The Labute approximate surface area is 134 Å². The SMILES string of the molecule is C[C](C)C(C)(C)CCCCCCCCCCCCCCO. The van der Waals surface area contributed by atoms with Crippen molar-refractivity contribution in [2.75, 3.05) is 6.61 Å². The average Bonchev–Trinajstić information content (AvgIpc) is 2.43. The van der Waals surface area contributed by atoms with Crippen LogP contribution in [0.25, 0.3) is 0 Å². The smallest absolute Gasteiger partial charge is 0.0431 e. The monoisotopic (exact) mass is 297 g/mol. The first kappa shape index (κ1) is 21.0. The molecule has 0 unspecified atom stereocenters. The number of hydrogen-bond acceptors (Lipinski definition) is 1. The molecule has 0 heterocycles. The zero-order valence-electron chi connectivity index (χ0n) is 15.3. The van der Waals surface area contributed by atoms with Crippen LogP contribution in [0.1, 0.15) is 111 Å². The average molecular weight is 298 g/mol. The van der Waals surface area contributed by atoms with Crippen LogP contribution in [0.5, 0.6) is 0 Å². The molecule has 1 nitrogen and oxygen atoms in total. The molecule has 1 radical (unpaired) electrons. The highest BCUT2D eigenvalue weighted by Gasteiger charge is 2.21. The Balaban J connectivity index is 3.16. The van der Waals surface area contributed by atoms with Gasteiger partial charge in [0.25, 0.3) is 0 Å². The lowest BCUT2D eigenvalue weighted by atomic mass is 9.77. The van der Waals surface area contributed by atoms with Crippen molar-refractivity contribution in [1.29, 1.82) is 0 Å². The molecule has 0 aliphatic rings. The second-order valence-corrected chi connectivity index (χ2v) is 7.60. The maximum Gasteiger partial charge on any atom is 0.0431 e. The highest BCUT2D eigenvalue weighted by Crippen LogP contribution is 2.33. The van der Waals surface area contributed by atoms with E-state index in [-0.39, 0.29) is 0 Å². The van der Waals surface area contributed by atoms with Gasteiger partial charge < -0.3 is 5.11 Å². The summed E-state index contributed by atoms with van der Waals surface area (Å²) in [6.45, 7) is 9.66. The largest absolute Gasteiger partial charge is 0.396 e. The second kappa shape index (κ2) is 13.6. The summed E-state index contributed by atoms with van der Waals surface area (Å²) in [5.41, 5.74) is 0.441. The van der Waals surface area contributed by atoms with Gasteiger partial charge >= 0.3 is 0 Å². The summed E-state index contributed by atoms with van der Waals surface area (Å²) >= 11 is 0. The Morgan fingerprint density at radius 1 is 0.619 bits per heavy atom. The summed E-state index contributed by atoms with van der Waals surface area (Å²) in [6, 6.07) is 0. The van der Waals surface area contributed by atoms with Gasteiger partial charge in [-0.1, -0.05) is 98.3 Å². The van der Waals surface area contributed by atoms with Crippen LogP contribution in [0.4, 0.5) is 0 Å². The Kier molecular flexibility index (Phi) is 13.6. The van der Waals surface area contributed by atoms with Crippen molar-refractivity contribution in [2.24, 2.45) is 5.41 Å². The third-order valence-corrected chi connectivity index (χ3v) is 5.06. The molecule has 0 spiro atoms.